The third-order valence-corrected chi connectivity index (χ3v) is 0. The molecule has 14 heavy (non-hydrogen) atoms. The SMILES string of the molecule is F.F.F.F.[Al+3].[F-].[F-].[F-].[F-].[F-].[F-].[K+].[Mg+2].[SiH4]. The predicted molar refractivity (Wildman–Crippen MR) is 32.9 cm³/mol. The zero-order valence-corrected chi connectivity index (χ0v) is 11.9. The van der Waals surface area contributed by atoms with Crippen LogP contribution in [-0.2, 0) is 0 Å². The van der Waals surface area contributed by atoms with Gasteiger partial charge in [-0.2, -0.15) is 0 Å². The Hall–Kier alpha value is 2.45. The third-order valence-electron chi connectivity index (χ3n) is 0. The molecule has 0 bridgehead atoms. The van der Waals surface area contributed by atoms with Gasteiger partial charge in [0.25, 0.3) is 0 Å². The number of rotatable bonds is 0. The number of hydrogen-bond donors (Lipinski definition) is 0. The van der Waals surface area contributed by atoms with Crippen LogP contribution in [0.25, 0.3) is 0 Å². The Morgan fingerprint density at radius 1 is 0.429 bits per heavy atom. The molecule has 0 fully saturated rings. The maximum Gasteiger partial charge on any atom is 3.00 e. The van der Waals surface area contributed by atoms with E-state index < -0.39 is 0 Å². The van der Waals surface area contributed by atoms with Gasteiger partial charge in [0.15, 0.2) is 0 Å². The summed E-state index contributed by atoms with van der Waals surface area (Å²) in [6, 6.07) is 0. The fourth-order valence-electron chi connectivity index (χ4n) is 0. The fourth-order valence-corrected chi connectivity index (χ4v) is 0. The van der Waals surface area contributed by atoms with Gasteiger partial charge in [0.05, 0.1) is 0 Å². The van der Waals surface area contributed by atoms with Crippen LogP contribution in [-0.4, -0.2) is 51.4 Å². The topological polar surface area (TPSA) is 0 Å². The Labute approximate surface area is 147 Å². The van der Waals surface area contributed by atoms with Crippen molar-refractivity contribution < 1.29 is 98.4 Å². The van der Waals surface area contributed by atoms with E-state index in [0.717, 1.165) is 0 Å². The van der Waals surface area contributed by atoms with Gasteiger partial charge in [-0.25, -0.2) is 0 Å². The zero-order chi connectivity index (χ0) is 0. The molecule has 0 heterocycles. The average Bonchev–Trinajstić information content (AvgIpc) is 0. The molecule has 88 valence electrons. The Bertz CT molecular complexity index is 20.1. The largest absolute Gasteiger partial charge is 3.00 e. The first-order chi connectivity index (χ1) is 0. The van der Waals surface area contributed by atoms with Gasteiger partial charge < -0.3 is 28.2 Å². The van der Waals surface area contributed by atoms with Crippen molar-refractivity contribution in [3.63, 3.8) is 0 Å². The summed E-state index contributed by atoms with van der Waals surface area (Å²) in [4.78, 5) is 0. The standard InChI is InChI=1S/Al.10FH.K.Mg.H4Si/h;10*1H;;;1H4/q+3;;;;;;;;;;;+1;+2;/p-6. The Balaban J connectivity index is 0. The fraction of sp³-hybridized carbons (Fsp3) is 0. The van der Waals surface area contributed by atoms with Crippen LogP contribution in [0.1, 0.15) is 0 Å². The predicted octanol–water partition coefficient (Wildman–Crippen LogP) is -22.6. The smallest absolute Gasteiger partial charge is 1.00 e. The van der Waals surface area contributed by atoms with E-state index in [0.29, 0.717) is 0 Å². The van der Waals surface area contributed by atoms with Gasteiger partial charge in [-0.05, 0) is 11.0 Å². The second-order valence-electron chi connectivity index (χ2n) is 0. The summed E-state index contributed by atoms with van der Waals surface area (Å²) < 4.78 is 0. The van der Waals surface area contributed by atoms with Crippen LogP contribution in [0.3, 0.4) is 0 Å². The molecule has 0 aromatic carbocycles. The van der Waals surface area contributed by atoms with Gasteiger partial charge in [0, 0.05) is 0 Å². The minimum absolute atomic E-state index is 0. The van der Waals surface area contributed by atoms with Crippen molar-refractivity contribution in [3.8, 4) is 0 Å². The van der Waals surface area contributed by atoms with Crippen molar-refractivity contribution in [2.45, 2.75) is 0 Å². The Morgan fingerprint density at radius 3 is 0.429 bits per heavy atom. The molecule has 0 nitrogen and oxygen atoms in total. The molecule has 0 N–H and O–H groups in total. The summed E-state index contributed by atoms with van der Waals surface area (Å²) in [5.41, 5.74) is 0. The van der Waals surface area contributed by atoms with E-state index in [1.165, 1.54) is 0 Å². The summed E-state index contributed by atoms with van der Waals surface area (Å²) in [6.07, 6.45) is 0. The zero-order valence-electron chi connectivity index (χ0n) is 6.19. The minimum atomic E-state index is 0. The average molecular weight is 317 g/mol. The molecule has 0 aliphatic rings. The maximum atomic E-state index is 0. The van der Waals surface area contributed by atoms with Gasteiger partial charge in [-0.3, -0.25) is 18.8 Å². The maximum absolute atomic E-state index is 0. The van der Waals surface area contributed by atoms with Crippen molar-refractivity contribution >= 4 is 51.4 Å². The number of halogens is 10. The van der Waals surface area contributed by atoms with Crippen LogP contribution in [0, 0.1) is 0 Å². The third kappa shape index (κ3) is 435. The summed E-state index contributed by atoms with van der Waals surface area (Å²) in [5, 5.41) is 0. The minimum Gasteiger partial charge on any atom is -1.00 e. The van der Waals surface area contributed by atoms with Crippen molar-refractivity contribution in [1.82, 2.24) is 0 Å². The molecule has 0 atom stereocenters. The van der Waals surface area contributed by atoms with Crippen LogP contribution >= 0.6 is 0 Å². The van der Waals surface area contributed by atoms with Crippen LogP contribution in [0.2, 0.25) is 0 Å². The molecular formula is H8AlF10KMgSi. The summed E-state index contributed by atoms with van der Waals surface area (Å²) in [6.45, 7) is 0. The quantitative estimate of drug-likeness (QED) is 0.308. The monoisotopic (exact) mass is 316 g/mol. The second kappa shape index (κ2) is 537. The van der Waals surface area contributed by atoms with Crippen LogP contribution in [0.5, 0.6) is 0 Å². The summed E-state index contributed by atoms with van der Waals surface area (Å²) in [7, 11) is 0. The summed E-state index contributed by atoms with van der Waals surface area (Å²) in [5.74, 6) is 0. The molecule has 0 unspecified atom stereocenters. The first kappa shape index (κ1) is 653. The second-order valence-corrected chi connectivity index (χ2v) is 0. The first-order valence-electron chi connectivity index (χ1n) is 0. The Morgan fingerprint density at radius 2 is 0.429 bits per heavy atom. The Kier molecular flexibility index (Phi) is 25100. The molecule has 14 heteroatoms. The molecule has 0 spiro atoms. The molecule has 0 saturated carbocycles. The molecule has 0 aromatic heterocycles. The molecule has 0 saturated heterocycles. The van der Waals surface area contributed by atoms with Crippen LogP contribution in [0.15, 0.2) is 0 Å². The van der Waals surface area contributed by atoms with Crippen molar-refractivity contribution in [3.05, 3.63) is 0 Å². The normalized spacial score (nSPS) is 0. The van der Waals surface area contributed by atoms with E-state index in [2.05, 4.69) is 0 Å². The van der Waals surface area contributed by atoms with Crippen LogP contribution in [0.4, 0.5) is 18.8 Å². The molecule has 0 aliphatic heterocycles. The van der Waals surface area contributed by atoms with E-state index in [-0.39, 0.29) is 150 Å². The molecule has 0 aliphatic carbocycles. The number of hydrogen-bond acceptors (Lipinski definition) is 0. The molecular weight excluding hydrogens is 308 g/mol. The molecule has 0 amide bonds. The van der Waals surface area contributed by atoms with Crippen LogP contribution < -0.4 is 79.6 Å². The van der Waals surface area contributed by atoms with Gasteiger partial charge in [-0.15, -0.1) is 0 Å². The molecule has 0 rings (SSSR count). The summed E-state index contributed by atoms with van der Waals surface area (Å²) >= 11 is 0. The van der Waals surface area contributed by atoms with Crippen molar-refractivity contribution in [2.24, 2.45) is 0 Å². The molecule has 0 radical (unpaired) electrons. The van der Waals surface area contributed by atoms with Gasteiger partial charge in [0.1, 0.15) is 0 Å². The van der Waals surface area contributed by atoms with E-state index in [1.807, 2.05) is 0 Å². The molecule has 0 aromatic rings. The van der Waals surface area contributed by atoms with Crippen molar-refractivity contribution in [1.29, 1.82) is 0 Å². The van der Waals surface area contributed by atoms with Gasteiger partial charge in [0.2, 0.25) is 0 Å². The van der Waals surface area contributed by atoms with E-state index in [4.69, 9.17) is 0 Å². The van der Waals surface area contributed by atoms with Gasteiger partial charge in [-0.1, -0.05) is 0 Å². The van der Waals surface area contributed by atoms with E-state index in [9.17, 15) is 0 Å². The van der Waals surface area contributed by atoms with E-state index in [1.54, 1.807) is 0 Å². The first-order valence-corrected chi connectivity index (χ1v) is 0. The van der Waals surface area contributed by atoms with Gasteiger partial charge >= 0.3 is 91.8 Å². The van der Waals surface area contributed by atoms with Crippen molar-refractivity contribution in [2.75, 3.05) is 0 Å². The van der Waals surface area contributed by atoms with E-state index >= 15 is 0 Å².